The number of aromatic nitrogens is 1. The van der Waals surface area contributed by atoms with Crippen molar-refractivity contribution in [2.75, 3.05) is 67.6 Å². The van der Waals surface area contributed by atoms with Crippen molar-refractivity contribution in [3.63, 3.8) is 0 Å². The Hall–Kier alpha value is -2.64. The molecule has 0 spiro atoms. The normalized spacial score (nSPS) is 19.1. The number of quaternary nitrogens is 1. The number of H-pyrrole nitrogens is 1. The third-order valence-electron chi connectivity index (χ3n) is 5.96. The van der Waals surface area contributed by atoms with Crippen LogP contribution in [-0.2, 0) is 9.53 Å². The number of pyridine rings is 1. The van der Waals surface area contributed by atoms with Gasteiger partial charge >= 0.3 is 0 Å². The van der Waals surface area contributed by atoms with Gasteiger partial charge in [-0.15, -0.1) is 0 Å². The Balaban J connectivity index is 1.28. The molecule has 0 unspecified atom stereocenters. The van der Waals surface area contributed by atoms with Crippen molar-refractivity contribution in [2.24, 2.45) is 0 Å². The Labute approximate surface area is 172 Å². The van der Waals surface area contributed by atoms with Crippen molar-refractivity contribution in [3.05, 3.63) is 48.7 Å². The van der Waals surface area contributed by atoms with Gasteiger partial charge in [0.2, 0.25) is 0 Å². The number of carbonyl (C=O) groups is 1. The number of hydrogen-bond donors (Lipinski definition) is 2. The molecule has 3 N–H and O–H groups in total. The smallest absolute Gasteiger partial charge is 0.282 e. The largest absolute Gasteiger partial charge is 0.378 e. The first-order valence-corrected chi connectivity index (χ1v) is 10.5. The fourth-order valence-corrected chi connectivity index (χ4v) is 4.06. The molecule has 1 aromatic carbocycles. The molecule has 1 amide bonds. The van der Waals surface area contributed by atoms with Gasteiger partial charge in [0, 0.05) is 30.5 Å². The molecule has 2 aromatic rings. The molecule has 2 saturated heterocycles. The Kier molecular flexibility index (Phi) is 6.27. The topological polar surface area (TPSA) is 63.4 Å². The molecule has 0 bridgehead atoms. The maximum Gasteiger partial charge on any atom is 0.282 e. The van der Waals surface area contributed by atoms with E-state index in [0.717, 1.165) is 64.0 Å². The highest BCUT2D eigenvalue weighted by Gasteiger charge is 2.32. The van der Waals surface area contributed by atoms with Gasteiger partial charge < -0.3 is 19.9 Å². The van der Waals surface area contributed by atoms with Gasteiger partial charge in [0.25, 0.3) is 11.7 Å². The molecule has 1 aromatic heterocycles. The minimum Gasteiger partial charge on any atom is -0.378 e. The summed E-state index contributed by atoms with van der Waals surface area (Å²) in [6, 6.07) is 14.2. The van der Waals surface area contributed by atoms with Gasteiger partial charge in [0.15, 0.2) is 6.04 Å². The third kappa shape index (κ3) is 4.86. The van der Waals surface area contributed by atoms with Gasteiger partial charge in [0.1, 0.15) is 26.2 Å². The van der Waals surface area contributed by atoms with Gasteiger partial charge in [-0.3, -0.25) is 9.69 Å². The number of anilines is 3. The van der Waals surface area contributed by atoms with Crippen LogP contribution < -0.4 is 25.0 Å². The fourth-order valence-electron chi connectivity index (χ4n) is 4.06. The van der Waals surface area contributed by atoms with Gasteiger partial charge in [0.05, 0.1) is 19.4 Å². The second kappa shape index (κ2) is 9.24. The maximum absolute atomic E-state index is 12.8. The highest BCUT2D eigenvalue weighted by Crippen LogP contribution is 2.19. The molecule has 29 heavy (non-hydrogen) atoms. The molecule has 7 heteroatoms. The number of hydrogen-bond acceptors (Lipinski definition) is 4. The molecular formula is C22H31N5O2+2. The number of aromatic amines is 1. The number of nitrogens with one attached hydrogen (secondary N) is 3. The zero-order valence-electron chi connectivity index (χ0n) is 17.1. The monoisotopic (exact) mass is 397 g/mol. The molecule has 2 aliphatic rings. The molecule has 0 radical (unpaired) electrons. The fraction of sp³-hybridized carbons (Fsp3) is 0.455. The summed E-state index contributed by atoms with van der Waals surface area (Å²) in [4.78, 5) is 22.1. The third-order valence-corrected chi connectivity index (χ3v) is 5.96. The molecule has 2 fully saturated rings. The van der Waals surface area contributed by atoms with Crippen LogP contribution in [-0.4, -0.2) is 64.4 Å². The van der Waals surface area contributed by atoms with E-state index < -0.39 is 0 Å². The highest BCUT2D eigenvalue weighted by molar-refractivity contribution is 5.93. The summed E-state index contributed by atoms with van der Waals surface area (Å²) in [5.41, 5.74) is 2.04. The van der Waals surface area contributed by atoms with E-state index in [0.29, 0.717) is 0 Å². The van der Waals surface area contributed by atoms with E-state index in [4.69, 9.17) is 4.74 Å². The number of piperazine rings is 1. The Morgan fingerprint density at radius 3 is 2.41 bits per heavy atom. The van der Waals surface area contributed by atoms with Crippen molar-refractivity contribution in [1.82, 2.24) is 0 Å². The number of morpholine rings is 1. The molecule has 1 atom stereocenters. The summed E-state index contributed by atoms with van der Waals surface area (Å²) >= 11 is 0. The van der Waals surface area contributed by atoms with E-state index in [2.05, 4.69) is 38.3 Å². The minimum atomic E-state index is -0.0733. The molecule has 154 valence electrons. The average molecular weight is 398 g/mol. The van der Waals surface area contributed by atoms with Crippen LogP contribution >= 0.6 is 0 Å². The molecule has 0 aliphatic carbocycles. The quantitative estimate of drug-likeness (QED) is 0.750. The van der Waals surface area contributed by atoms with Crippen molar-refractivity contribution >= 4 is 23.1 Å². The first-order valence-electron chi connectivity index (χ1n) is 10.5. The number of amides is 1. The summed E-state index contributed by atoms with van der Waals surface area (Å²) in [6.45, 7) is 9.20. The van der Waals surface area contributed by atoms with Crippen LogP contribution in [0.3, 0.4) is 0 Å². The standard InChI is InChI=1S/C22H29N5O2/c1-18(25-10-12-27(13-11-25)21-4-2-3-9-23-21)22(28)24-19-5-7-20(8-6-19)26-14-16-29-17-15-26/h2-9,18H,10-17H2,1H3,(H,24,28)/p+2/t18-/m1/s1. The van der Waals surface area contributed by atoms with E-state index in [1.165, 1.54) is 10.6 Å². The van der Waals surface area contributed by atoms with E-state index in [9.17, 15) is 4.79 Å². The van der Waals surface area contributed by atoms with Crippen LogP contribution in [0, 0.1) is 0 Å². The summed E-state index contributed by atoms with van der Waals surface area (Å²) in [7, 11) is 0. The molecule has 3 heterocycles. The van der Waals surface area contributed by atoms with E-state index >= 15 is 0 Å². The van der Waals surface area contributed by atoms with Gasteiger partial charge in [-0.1, -0.05) is 6.07 Å². The van der Waals surface area contributed by atoms with Crippen LogP contribution in [0.5, 0.6) is 0 Å². The van der Waals surface area contributed by atoms with Crippen molar-refractivity contribution in [2.45, 2.75) is 13.0 Å². The molecule has 4 rings (SSSR count). The second-order valence-corrected chi connectivity index (χ2v) is 7.75. The van der Waals surface area contributed by atoms with E-state index in [1.807, 2.05) is 37.4 Å². The first-order chi connectivity index (χ1) is 14.2. The van der Waals surface area contributed by atoms with Crippen molar-refractivity contribution < 1.29 is 19.4 Å². The zero-order chi connectivity index (χ0) is 20.1. The summed E-state index contributed by atoms with van der Waals surface area (Å²) in [5, 5.41) is 3.09. The molecule has 2 aliphatic heterocycles. The number of nitrogens with zero attached hydrogens (tertiary/aromatic N) is 2. The highest BCUT2D eigenvalue weighted by atomic mass is 16.5. The number of carbonyl (C=O) groups excluding carboxylic acids is 1. The maximum atomic E-state index is 12.8. The number of ether oxygens (including phenoxy) is 1. The van der Waals surface area contributed by atoms with Gasteiger partial charge in [-0.25, -0.2) is 4.98 Å². The minimum absolute atomic E-state index is 0.0733. The van der Waals surface area contributed by atoms with Crippen molar-refractivity contribution in [1.29, 1.82) is 0 Å². The summed E-state index contributed by atoms with van der Waals surface area (Å²) in [5.74, 6) is 1.22. The first kappa shape index (κ1) is 19.7. The summed E-state index contributed by atoms with van der Waals surface area (Å²) in [6.07, 6.45) is 1.95. The Morgan fingerprint density at radius 2 is 1.76 bits per heavy atom. The zero-order valence-corrected chi connectivity index (χ0v) is 17.1. The van der Waals surface area contributed by atoms with Crippen LogP contribution in [0.4, 0.5) is 17.2 Å². The lowest BCUT2D eigenvalue weighted by atomic mass is 10.2. The molecule has 7 nitrogen and oxygen atoms in total. The lowest BCUT2D eigenvalue weighted by Crippen LogP contribution is -3.19. The SMILES string of the molecule is C[C@H](C(=O)Nc1ccc(N2CCOCC2)cc1)[NH+]1CCN(c2cccc[nH+]2)CC1. The van der Waals surface area contributed by atoms with Crippen LogP contribution in [0.1, 0.15) is 6.92 Å². The Bertz CT molecular complexity index is 785. The predicted octanol–water partition coefficient (Wildman–Crippen LogP) is 0.0694. The van der Waals surface area contributed by atoms with Gasteiger partial charge in [-0.2, -0.15) is 0 Å². The Morgan fingerprint density at radius 1 is 1.03 bits per heavy atom. The number of rotatable bonds is 5. The van der Waals surface area contributed by atoms with Gasteiger partial charge in [-0.05, 0) is 37.3 Å². The number of benzene rings is 1. The van der Waals surface area contributed by atoms with Crippen LogP contribution in [0.15, 0.2) is 48.7 Å². The van der Waals surface area contributed by atoms with Crippen LogP contribution in [0.2, 0.25) is 0 Å². The van der Waals surface area contributed by atoms with Crippen molar-refractivity contribution in [3.8, 4) is 0 Å². The molecular weight excluding hydrogens is 366 g/mol. The average Bonchev–Trinajstić information content (AvgIpc) is 2.80. The van der Waals surface area contributed by atoms with E-state index in [-0.39, 0.29) is 11.9 Å². The van der Waals surface area contributed by atoms with Crippen LogP contribution in [0.25, 0.3) is 0 Å². The lowest BCUT2D eigenvalue weighted by Gasteiger charge is -2.31. The lowest BCUT2D eigenvalue weighted by molar-refractivity contribution is -0.914. The van der Waals surface area contributed by atoms with E-state index in [1.54, 1.807) is 0 Å². The predicted molar refractivity (Wildman–Crippen MR) is 113 cm³/mol. The summed E-state index contributed by atoms with van der Waals surface area (Å²) < 4.78 is 5.41. The second-order valence-electron chi connectivity index (χ2n) is 7.75. The molecule has 0 saturated carbocycles.